The first kappa shape index (κ1) is 19.4. The Hall–Kier alpha value is -3.41. The molecule has 3 rings (SSSR count). The van der Waals surface area contributed by atoms with Crippen LogP contribution in [0.5, 0.6) is 5.75 Å². The number of nitrogens with one attached hydrogen (secondary N) is 2. The van der Waals surface area contributed by atoms with E-state index in [9.17, 15) is 4.79 Å². The van der Waals surface area contributed by atoms with Gasteiger partial charge in [-0.05, 0) is 44.0 Å². The summed E-state index contributed by atoms with van der Waals surface area (Å²) in [6.07, 6.45) is 0. The van der Waals surface area contributed by atoms with Crippen molar-refractivity contribution in [1.82, 2.24) is 15.3 Å². The summed E-state index contributed by atoms with van der Waals surface area (Å²) in [4.78, 5) is 21.3. The Bertz CT molecular complexity index is 1000. The Morgan fingerprint density at radius 2 is 1.82 bits per heavy atom. The quantitative estimate of drug-likeness (QED) is 0.678. The highest BCUT2D eigenvalue weighted by Gasteiger charge is 2.12. The number of rotatable bonds is 6. The lowest BCUT2D eigenvalue weighted by atomic mass is 10.1. The van der Waals surface area contributed by atoms with Crippen LogP contribution >= 0.6 is 0 Å². The van der Waals surface area contributed by atoms with Gasteiger partial charge in [-0.3, -0.25) is 4.79 Å². The minimum atomic E-state index is -0.263. The number of ether oxygens (including phenoxy) is 1. The second-order valence-corrected chi connectivity index (χ2v) is 6.62. The molecule has 3 aromatic rings. The fourth-order valence-electron chi connectivity index (χ4n) is 2.87. The third-order valence-electron chi connectivity index (χ3n) is 4.36. The Kier molecular flexibility index (Phi) is 5.89. The van der Waals surface area contributed by atoms with Crippen LogP contribution in [0.3, 0.4) is 0 Å². The van der Waals surface area contributed by atoms with Crippen molar-refractivity contribution in [2.45, 2.75) is 27.3 Å². The van der Waals surface area contributed by atoms with Gasteiger partial charge in [0.05, 0.1) is 7.11 Å². The zero-order valence-corrected chi connectivity index (χ0v) is 16.5. The summed E-state index contributed by atoms with van der Waals surface area (Å²) in [7, 11) is 1.61. The molecule has 1 aromatic heterocycles. The summed E-state index contributed by atoms with van der Waals surface area (Å²) in [6, 6.07) is 15.4. The summed E-state index contributed by atoms with van der Waals surface area (Å²) >= 11 is 0. The Morgan fingerprint density at radius 1 is 1.04 bits per heavy atom. The van der Waals surface area contributed by atoms with E-state index >= 15 is 0 Å². The van der Waals surface area contributed by atoms with E-state index < -0.39 is 0 Å². The van der Waals surface area contributed by atoms with Crippen molar-refractivity contribution in [2.75, 3.05) is 12.4 Å². The van der Waals surface area contributed by atoms with Gasteiger partial charge in [-0.15, -0.1) is 0 Å². The smallest absolute Gasteiger partial charge is 0.270 e. The molecule has 0 bridgehead atoms. The zero-order valence-electron chi connectivity index (χ0n) is 16.5. The van der Waals surface area contributed by atoms with Gasteiger partial charge in [0.15, 0.2) is 0 Å². The number of carbonyl (C=O) groups is 1. The standard InChI is InChI=1S/C22H24N4O2/c1-14-9-10-15(2)18(11-14)26-21-12-19(24-16(3)25-21)22(27)23-13-17-7-5-6-8-20(17)28-4/h5-12H,13H2,1-4H3,(H,23,27)(H,24,25,26). The van der Waals surface area contributed by atoms with Crippen molar-refractivity contribution in [3.05, 3.63) is 76.7 Å². The average molecular weight is 376 g/mol. The second kappa shape index (κ2) is 8.52. The van der Waals surface area contributed by atoms with Crippen LogP contribution in [0.15, 0.2) is 48.5 Å². The SMILES string of the molecule is COc1ccccc1CNC(=O)c1cc(Nc2cc(C)ccc2C)nc(C)n1. The number of hydrogen-bond donors (Lipinski definition) is 2. The van der Waals surface area contributed by atoms with Crippen molar-refractivity contribution in [2.24, 2.45) is 0 Å². The summed E-state index contributed by atoms with van der Waals surface area (Å²) in [5, 5.41) is 6.18. The molecular formula is C22H24N4O2. The van der Waals surface area contributed by atoms with Gasteiger partial charge in [0, 0.05) is 23.9 Å². The Labute approximate surface area is 165 Å². The lowest BCUT2D eigenvalue weighted by Gasteiger charge is -2.12. The van der Waals surface area contributed by atoms with Crippen LogP contribution in [0.1, 0.15) is 33.0 Å². The maximum Gasteiger partial charge on any atom is 0.270 e. The third kappa shape index (κ3) is 4.65. The first-order chi connectivity index (χ1) is 13.5. The predicted molar refractivity (Wildman–Crippen MR) is 110 cm³/mol. The largest absolute Gasteiger partial charge is 0.496 e. The fraction of sp³-hybridized carbons (Fsp3) is 0.227. The topological polar surface area (TPSA) is 76.1 Å². The van der Waals surface area contributed by atoms with E-state index in [0.717, 1.165) is 28.1 Å². The minimum Gasteiger partial charge on any atom is -0.496 e. The number of anilines is 2. The van der Waals surface area contributed by atoms with Crippen molar-refractivity contribution < 1.29 is 9.53 Å². The van der Waals surface area contributed by atoms with Gasteiger partial charge in [0.25, 0.3) is 5.91 Å². The van der Waals surface area contributed by atoms with Gasteiger partial charge in [-0.1, -0.05) is 30.3 Å². The number of nitrogens with zero attached hydrogens (tertiary/aromatic N) is 2. The van der Waals surface area contributed by atoms with E-state index in [0.29, 0.717) is 23.9 Å². The highest BCUT2D eigenvalue weighted by atomic mass is 16.5. The molecule has 0 saturated heterocycles. The molecule has 2 N–H and O–H groups in total. The lowest BCUT2D eigenvalue weighted by molar-refractivity contribution is 0.0945. The van der Waals surface area contributed by atoms with Crippen molar-refractivity contribution >= 4 is 17.4 Å². The number of carbonyl (C=O) groups excluding carboxylic acids is 1. The van der Waals surface area contributed by atoms with E-state index in [4.69, 9.17) is 4.74 Å². The van der Waals surface area contributed by atoms with Gasteiger partial charge in [0.1, 0.15) is 23.1 Å². The van der Waals surface area contributed by atoms with Gasteiger partial charge in [-0.25, -0.2) is 9.97 Å². The fourth-order valence-corrected chi connectivity index (χ4v) is 2.87. The molecular weight excluding hydrogens is 352 g/mol. The molecule has 0 unspecified atom stereocenters. The van der Waals surface area contributed by atoms with Crippen LogP contribution < -0.4 is 15.4 Å². The van der Waals surface area contributed by atoms with Crippen LogP contribution in [0.4, 0.5) is 11.5 Å². The highest BCUT2D eigenvalue weighted by molar-refractivity contribution is 5.93. The molecule has 1 heterocycles. The molecule has 0 spiro atoms. The van der Waals surface area contributed by atoms with Crippen molar-refractivity contribution in [3.8, 4) is 5.75 Å². The number of para-hydroxylation sites is 1. The second-order valence-electron chi connectivity index (χ2n) is 6.62. The molecule has 6 heteroatoms. The Balaban J connectivity index is 1.77. The summed E-state index contributed by atoms with van der Waals surface area (Å²) < 4.78 is 5.32. The van der Waals surface area contributed by atoms with Crippen molar-refractivity contribution in [3.63, 3.8) is 0 Å². The number of benzene rings is 2. The van der Waals surface area contributed by atoms with Crippen molar-refractivity contribution in [1.29, 1.82) is 0 Å². The number of amides is 1. The first-order valence-electron chi connectivity index (χ1n) is 9.06. The maximum absolute atomic E-state index is 12.6. The molecule has 6 nitrogen and oxygen atoms in total. The average Bonchev–Trinajstić information content (AvgIpc) is 2.68. The van der Waals surface area contributed by atoms with E-state index in [1.54, 1.807) is 20.1 Å². The van der Waals surface area contributed by atoms with E-state index in [-0.39, 0.29) is 5.91 Å². The summed E-state index contributed by atoms with van der Waals surface area (Å²) in [6.45, 7) is 6.18. The molecule has 0 aliphatic carbocycles. The molecule has 28 heavy (non-hydrogen) atoms. The highest BCUT2D eigenvalue weighted by Crippen LogP contribution is 2.21. The lowest BCUT2D eigenvalue weighted by Crippen LogP contribution is -2.24. The molecule has 0 aliphatic heterocycles. The third-order valence-corrected chi connectivity index (χ3v) is 4.36. The molecule has 2 aromatic carbocycles. The molecule has 0 fully saturated rings. The van der Waals surface area contributed by atoms with Crippen LogP contribution in [0, 0.1) is 20.8 Å². The number of hydrogen-bond acceptors (Lipinski definition) is 5. The zero-order chi connectivity index (χ0) is 20.1. The molecule has 0 saturated carbocycles. The molecule has 1 amide bonds. The van der Waals surface area contributed by atoms with Gasteiger partial charge < -0.3 is 15.4 Å². The van der Waals surface area contributed by atoms with E-state index in [1.165, 1.54) is 0 Å². The van der Waals surface area contributed by atoms with Gasteiger partial charge in [0.2, 0.25) is 0 Å². The minimum absolute atomic E-state index is 0.263. The predicted octanol–water partition coefficient (Wildman–Crippen LogP) is 4.08. The van der Waals surface area contributed by atoms with E-state index in [2.05, 4.69) is 26.7 Å². The molecule has 0 atom stereocenters. The normalized spacial score (nSPS) is 10.4. The van der Waals surface area contributed by atoms with Crippen LogP contribution in [-0.4, -0.2) is 23.0 Å². The molecule has 144 valence electrons. The van der Waals surface area contributed by atoms with Crippen LogP contribution in [0.2, 0.25) is 0 Å². The first-order valence-corrected chi connectivity index (χ1v) is 9.06. The summed E-state index contributed by atoms with van der Waals surface area (Å²) in [5.74, 6) is 1.58. The Morgan fingerprint density at radius 3 is 2.61 bits per heavy atom. The van der Waals surface area contributed by atoms with Gasteiger partial charge >= 0.3 is 0 Å². The van der Waals surface area contributed by atoms with Crippen LogP contribution in [-0.2, 0) is 6.54 Å². The maximum atomic E-state index is 12.6. The molecule has 0 aliphatic rings. The van der Waals surface area contributed by atoms with Crippen LogP contribution in [0.25, 0.3) is 0 Å². The summed E-state index contributed by atoms with van der Waals surface area (Å²) in [5.41, 5.74) is 4.42. The van der Waals surface area contributed by atoms with Gasteiger partial charge in [-0.2, -0.15) is 0 Å². The number of aromatic nitrogens is 2. The number of aryl methyl sites for hydroxylation is 3. The van der Waals surface area contributed by atoms with E-state index in [1.807, 2.05) is 50.2 Å². The number of methoxy groups -OCH3 is 1. The monoisotopic (exact) mass is 376 g/mol. The molecule has 0 radical (unpaired) electrons.